The molecule has 136 valence electrons. The first kappa shape index (κ1) is 19.9. The van der Waals surface area contributed by atoms with Gasteiger partial charge in [-0.3, -0.25) is 14.3 Å². The van der Waals surface area contributed by atoms with Gasteiger partial charge in [-0.25, -0.2) is 0 Å². The molecule has 1 aromatic carbocycles. The zero-order valence-electron chi connectivity index (χ0n) is 15.6. The van der Waals surface area contributed by atoms with E-state index in [1.807, 2.05) is 63.7 Å². The summed E-state index contributed by atoms with van der Waals surface area (Å²) in [6, 6.07) is 7.64. The fourth-order valence-electron chi connectivity index (χ4n) is 2.06. The van der Waals surface area contributed by atoms with Crippen LogP contribution in [-0.2, 0) is 4.79 Å². The summed E-state index contributed by atoms with van der Waals surface area (Å²) < 4.78 is 2.00. The molecule has 0 aliphatic rings. The quantitative estimate of drug-likeness (QED) is 0.701. The van der Waals surface area contributed by atoms with Crippen LogP contribution >= 0.6 is 23.4 Å². The highest BCUT2D eigenvalue weighted by Crippen LogP contribution is 2.29. The highest BCUT2D eigenvalue weighted by atomic mass is 35.5. The Hall–Kier alpha value is -1.37. The molecule has 0 aliphatic carbocycles. The standard InChI is InChI=1S/C18H25ClN4OS/c1-12(22(5)6)16-20-21-17(25-11-15(24)18(2,3)4)23(16)14-9-7-13(19)8-10-14/h7-10,12H,11H2,1-6H3/t12-/m0/s1. The van der Waals surface area contributed by atoms with Gasteiger partial charge in [0.05, 0.1) is 11.8 Å². The van der Waals surface area contributed by atoms with Crippen LogP contribution in [0.25, 0.3) is 5.69 Å². The van der Waals surface area contributed by atoms with E-state index in [1.54, 1.807) is 0 Å². The molecule has 1 aromatic heterocycles. The van der Waals surface area contributed by atoms with E-state index >= 15 is 0 Å². The number of aromatic nitrogens is 3. The van der Waals surface area contributed by atoms with Gasteiger partial charge in [0.15, 0.2) is 11.0 Å². The first-order chi connectivity index (χ1) is 11.6. The Morgan fingerprint density at radius 2 is 1.84 bits per heavy atom. The molecule has 0 saturated carbocycles. The van der Waals surface area contributed by atoms with Gasteiger partial charge in [0.1, 0.15) is 5.78 Å². The molecule has 1 atom stereocenters. The van der Waals surface area contributed by atoms with Crippen LogP contribution in [-0.4, -0.2) is 45.3 Å². The van der Waals surface area contributed by atoms with Crippen LogP contribution < -0.4 is 0 Å². The van der Waals surface area contributed by atoms with E-state index in [0.29, 0.717) is 15.9 Å². The lowest BCUT2D eigenvalue weighted by atomic mass is 9.92. The summed E-state index contributed by atoms with van der Waals surface area (Å²) in [5.74, 6) is 1.38. The Labute approximate surface area is 158 Å². The summed E-state index contributed by atoms with van der Waals surface area (Å²) >= 11 is 7.44. The lowest BCUT2D eigenvalue weighted by molar-refractivity contribution is -0.123. The van der Waals surface area contributed by atoms with Crippen molar-refractivity contribution in [1.29, 1.82) is 0 Å². The maximum atomic E-state index is 12.3. The zero-order chi connectivity index (χ0) is 18.8. The van der Waals surface area contributed by atoms with E-state index in [-0.39, 0.29) is 17.2 Å². The van der Waals surface area contributed by atoms with Gasteiger partial charge in [0, 0.05) is 16.1 Å². The fourth-order valence-corrected chi connectivity index (χ4v) is 3.30. The number of halogens is 1. The minimum atomic E-state index is -0.363. The van der Waals surface area contributed by atoms with Crippen LogP contribution in [0.4, 0.5) is 0 Å². The van der Waals surface area contributed by atoms with Crippen molar-refractivity contribution < 1.29 is 4.79 Å². The first-order valence-corrected chi connectivity index (χ1v) is 9.51. The van der Waals surface area contributed by atoms with E-state index in [0.717, 1.165) is 11.5 Å². The van der Waals surface area contributed by atoms with E-state index in [9.17, 15) is 4.79 Å². The molecule has 0 aliphatic heterocycles. The lowest BCUT2D eigenvalue weighted by Crippen LogP contribution is -2.22. The summed E-state index contributed by atoms with van der Waals surface area (Å²) in [5.41, 5.74) is 0.571. The maximum absolute atomic E-state index is 12.3. The molecule has 7 heteroatoms. The molecule has 0 fully saturated rings. The van der Waals surface area contributed by atoms with Gasteiger partial charge in [0.2, 0.25) is 0 Å². The molecule has 0 unspecified atom stereocenters. The van der Waals surface area contributed by atoms with E-state index in [2.05, 4.69) is 22.0 Å². The normalized spacial score (nSPS) is 13.3. The molecule has 0 radical (unpaired) electrons. The number of thioether (sulfide) groups is 1. The Kier molecular flexibility index (Phi) is 6.30. The molecule has 2 rings (SSSR count). The van der Waals surface area contributed by atoms with Crippen LogP contribution in [0.5, 0.6) is 0 Å². The predicted molar refractivity (Wildman–Crippen MR) is 104 cm³/mol. The van der Waals surface area contributed by atoms with Gasteiger partial charge in [-0.05, 0) is 45.3 Å². The SMILES string of the molecule is C[C@@H](c1nnc(SCC(=O)C(C)(C)C)n1-c1ccc(Cl)cc1)N(C)C. The van der Waals surface area contributed by atoms with Crippen molar-refractivity contribution in [3.05, 3.63) is 35.1 Å². The van der Waals surface area contributed by atoms with Crippen molar-refractivity contribution in [1.82, 2.24) is 19.7 Å². The average Bonchev–Trinajstić information content (AvgIpc) is 2.95. The number of hydrogen-bond acceptors (Lipinski definition) is 5. The van der Waals surface area contributed by atoms with Gasteiger partial charge in [-0.1, -0.05) is 44.1 Å². The van der Waals surface area contributed by atoms with Gasteiger partial charge in [0.25, 0.3) is 0 Å². The van der Waals surface area contributed by atoms with Crippen molar-refractivity contribution in [2.75, 3.05) is 19.8 Å². The average molecular weight is 381 g/mol. The smallest absolute Gasteiger partial charge is 0.196 e. The number of rotatable bonds is 6. The molecule has 2 aromatic rings. The molecule has 0 spiro atoms. The number of carbonyl (C=O) groups excluding carboxylic acids is 1. The molecule has 0 bridgehead atoms. The summed E-state index contributed by atoms with van der Waals surface area (Å²) in [5, 5.41) is 10.1. The highest BCUT2D eigenvalue weighted by Gasteiger charge is 2.24. The largest absolute Gasteiger partial charge is 0.300 e. The second-order valence-corrected chi connectivity index (χ2v) is 8.63. The summed E-state index contributed by atoms with van der Waals surface area (Å²) in [6.45, 7) is 7.86. The van der Waals surface area contributed by atoms with Gasteiger partial charge in [-0.2, -0.15) is 0 Å². The van der Waals surface area contributed by atoms with E-state index in [4.69, 9.17) is 11.6 Å². The molecule has 0 N–H and O–H groups in total. The maximum Gasteiger partial charge on any atom is 0.196 e. The number of nitrogens with zero attached hydrogens (tertiary/aromatic N) is 4. The van der Waals surface area contributed by atoms with Gasteiger partial charge in [-0.15, -0.1) is 10.2 Å². The van der Waals surface area contributed by atoms with Crippen molar-refractivity contribution in [2.24, 2.45) is 5.41 Å². The third kappa shape index (κ3) is 4.84. The van der Waals surface area contributed by atoms with Gasteiger partial charge < -0.3 is 0 Å². The predicted octanol–water partition coefficient (Wildman–Crippen LogP) is 4.25. The molecule has 5 nitrogen and oxygen atoms in total. The Balaban J connectivity index is 2.40. The molecular weight excluding hydrogens is 356 g/mol. The van der Waals surface area contributed by atoms with E-state index < -0.39 is 0 Å². The number of benzene rings is 1. The van der Waals surface area contributed by atoms with Crippen molar-refractivity contribution in [3.8, 4) is 5.69 Å². The van der Waals surface area contributed by atoms with E-state index in [1.165, 1.54) is 11.8 Å². The second-order valence-electron chi connectivity index (χ2n) is 7.25. The fraction of sp³-hybridized carbons (Fsp3) is 0.500. The minimum absolute atomic E-state index is 0.0795. The van der Waals surface area contributed by atoms with Crippen LogP contribution in [0, 0.1) is 5.41 Å². The minimum Gasteiger partial charge on any atom is -0.300 e. The zero-order valence-corrected chi connectivity index (χ0v) is 17.1. The number of ketones is 1. The summed E-state index contributed by atoms with van der Waals surface area (Å²) in [7, 11) is 4.00. The third-order valence-electron chi connectivity index (χ3n) is 4.06. The second kappa shape index (κ2) is 7.89. The van der Waals surface area contributed by atoms with Gasteiger partial charge >= 0.3 is 0 Å². The number of Topliss-reactive ketones (excluding diaryl/α,β-unsaturated/α-hetero) is 1. The Morgan fingerprint density at radius 1 is 1.24 bits per heavy atom. The van der Waals surface area contributed by atoms with Crippen molar-refractivity contribution in [2.45, 2.75) is 38.9 Å². The number of carbonyl (C=O) groups is 1. The van der Waals surface area contributed by atoms with Crippen LogP contribution in [0.1, 0.15) is 39.6 Å². The molecular formula is C18H25ClN4OS. The highest BCUT2D eigenvalue weighted by molar-refractivity contribution is 7.99. The third-order valence-corrected chi connectivity index (χ3v) is 5.24. The molecule has 25 heavy (non-hydrogen) atoms. The number of hydrogen-bond donors (Lipinski definition) is 0. The molecule has 1 heterocycles. The molecule has 0 saturated heterocycles. The van der Waals surface area contributed by atoms with Crippen molar-refractivity contribution in [3.63, 3.8) is 0 Å². The van der Waals surface area contributed by atoms with Crippen LogP contribution in [0.3, 0.4) is 0 Å². The van der Waals surface area contributed by atoms with Crippen LogP contribution in [0.15, 0.2) is 29.4 Å². The topological polar surface area (TPSA) is 51.0 Å². The first-order valence-electron chi connectivity index (χ1n) is 8.15. The monoisotopic (exact) mass is 380 g/mol. The van der Waals surface area contributed by atoms with Crippen LogP contribution in [0.2, 0.25) is 5.02 Å². The Morgan fingerprint density at radius 3 is 2.36 bits per heavy atom. The Bertz CT molecular complexity index is 735. The molecule has 0 amide bonds. The van der Waals surface area contributed by atoms with Crippen molar-refractivity contribution >= 4 is 29.1 Å². The summed E-state index contributed by atoms with van der Waals surface area (Å²) in [4.78, 5) is 14.3. The summed E-state index contributed by atoms with van der Waals surface area (Å²) in [6.07, 6.45) is 0. The lowest BCUT2D eigenvalue weighted by Gasteiger charge is -2.21.